The Morgan fingerprint density at radius 2 is 1.92 bits per heavy atom. The van der Waals surface area contributed by atoms with E-state index in [2.05, 4.69) is 12.1 Å². The molecule has 0 amide bonds. The Kier molecular flexibility index (Phi) is 3.87. The number of fused-ring (bicyclic) bond motifs is 1. The Morgan fingerprint density at radius 3 is 2.68 bits per heavy atom. The molecule has 0 aromatic heterocycles. The lowest BCUT2D eigenvalue weighted by molar-refractivity contribution is -0.425. The zero-order valence-electron chi connectivity index (χ0n) is 13.6. The predicted molar refractivity (Wildman–Crippen MR) is 91.0 cm³/mol. The molecule has 1 aromatic carbocycles. The molecule has 128 valence electrons. The van der Waals surface area contributed by atoms with Crippen molar-refractivity contribution in [2.24, 2.45) is 5.92 Å². The molecule has 0 N–H and O–H groups in total. The Balaban J connectivity index is 1.69. The summed E-state index contributed by atoms with van der Waals surface area (Å²) >= 11 is 0. The van der Waals surface area contributed by atoms with Crippen LogP contribution in [-0.4, -0.2) is 35.0 Å². The molecule has 6 nitrogen and oxygen atoms in total. The largest absolute Gasteiger partial charge is 0.449 e. The fourth-order valence-corrected chi connectivity index (χ4v) is 3.89. The molecule has 3 aliphatic rings. The maximum atomic E-state index is 12.2. The van der Waals surface area contributed by atoms with E-state index >= 15 is 0 Å². The van der Waals surface area contributed by atoms with Crippen molar-refractivity contribution in [1.82, 2.24) is 4.90 Å². The van der Waals surface area contributed by atoms with Gasteiger partial charge in [-0.25, -0.2) is 4.79 Å². The van der Waals surface area contributed by atoms with Gasteiger partial charge in [-0.15, -0.1) is 0 Å². The van der Waals surface area contributed by atoms with Gasteiger partial charge in [-0.1, -0.05) is 48.6 Å². The second-order valence-electron chi connectivity index (χ2n) is 6.50. The van der Waals surface area contributed by atoms with E-state index in [-0.39, 0.29) is 5.92 Å². The molecule has 3 atom stereocenters. The maximum Gasteiger partial charge on any atom is 0.412 e. The van der Waals surface area contributed by atoms with Crippen molar-refractivity contribution in [3.63, 3.8) is 0 Å². The highest BCUT2D eigenvalue weighted by molar-refractivity contribution is 5.88. The molecule has 0 bridgehead atoms. The first-order chi connectivity index (χ1) is 12.1. The van der Waals surface area contributed by atoms with E-state index in [4.69, 9.17) is 4.74 Å². The zero-order valence-corrected chi connectivity index (χ0v) is 13.6. The highest BCUT2D eigenvalue weighted by atomic mass is 16.6. The number of allylic oxidation sites excluding steroid dienone is 2. The van der Waals surface area contributed by atoms with Crippen LogP contribution in [0.5, 0.6) is 0 Å². The molecule has 0 radical (unpaired) electrons. The number of carbonyl (C=O) groups is 1. The van der Waals surface area contributed by atoms with Crippen LogP contribution >= 0.6 is 0 Å². The number of esters is 1. The highest BCUT2D eigenvalue weighted by Gasteiger charge is 2.46. The first kappa shape index (κ1) is 15.6. The molecule has 2 heterocycles. The molecule has 0 spiro atoms. The van der Waals surface area contributed by atoms with Gasteiger partial charge in [-0.3, -0.25) is 10.1 Å². The maximum absolute atomic E-state index is 12.2. The molecule has 6 heteroatoms. The number of nitrogens with zero attached hydrogens (tertiary/aromatic N) is 2. The number of benzene rings is 1. The molecule has 25 heavy (non-hydrogen) atoms. The van der Waals surface area contributed by atoms with Crippen LogP contribution in [0.4, 0.5) is 0 Å². The van der Waals surface area contributed by atoms with Crippen LogP contribution in [0.2, 0.25) is 0 Å². The van der Waals surface area contributed by atoms with E-state index < -0.39 is 22.7 Å². The van der Waals surface area contributed by atoms with Crippen molar-refractivity contribution in [2.45, 2.75) is 18.4 Å². The standard InChI is InChI=1S/C19H18N2O4/c22-19-18(21(23)24)17(15-8-4-5-9-16(15)25-19)20-11-10-14(12-20)13-6-2-1-3-7-13/h1-9,14-16H,10-12H2. The fourth-order valence-electron chi connectivity index (χ4n) is 3.89. The summed E-state index contributed by atoms with van der Waals surface area (Å²) < 4.78 is 5.26. The second-order valence-corrected chi connectivity index (χ2v) is 6.50. The third-order valence-corrected chi connectivity index (χ3v) is 5.06. The van der Waals surface area contributed by atoms with Gasteiger partial charge in [0.25, 0.3) is 0 Å². The third kappa shape index (κ3) is 2.73. The molecule has 1 aromatic rings. The number of carbonyl (C=O) groups excluding carboxylic acids is 1. The second kappa shape index (κ2) is 6.20. The number of nitro groups is 1. The van der Waals surface area contributed by atoms with Gasteiger partial charge in [-0.2, -0.15) is 0 Å². The molecule has 4 rings (SSSR count). The summed E-state index contributed by atoms with van der Waals surface area (Å²) in [5.41, 5.74) is 1.29. The summed E-state index contributed by atoms with van der Waals surface area (Å²) in [7, 11) is 0. The summed E-state index contributed by atoms with van der Waals surface area (Å²) in [6.45, 7) is 1.37. The van der Waals surface area contributed by atoms with E-state index in [0.717, 1.165) is 6.42 Å². The quantitative estimate of drug-likeness (QED) is 0.481. The van der Waals surface area contributed by atoms with Crippen molar-refractivity contribution in [2.75, 3.05) is 13.1 Å². The first-order valence-corrected chi connectivity index (χ1v) is 8.39. The lowest BCUT2D eigenvalue weighted by Gasteiger charge is -2.34. The minimum Gasteiger partial charge on any atom is -0.449 e. The van der Waals surface area contributed by atoms with Crippen molar-refractivity contribution >= 4 is 5.97 Å². The summed E-state index contributed by atoms with van der Waals surface area (Å²) in [6, 6.07) is 10.1. The number of rotatable bonds is 3. The van der Waals surface area contributed by atoms with Crippen LogP contribution in [0.1, 0.15) is 17.9 Å². The monoisotopic (exact) mass is 338 g/mol. The van der Waals surface area contributed by atoms with Crippen molar-refractivity contribution in [1.29, 1.82) is 0 Å². The molecule has 0 saturated carbocycles. The summed E-state index contributed by atoms with van der Waals surface area (Å²) in [5.74, 6) is -0.830. The van der Waals surface area contributed by atoms with Gasteiger partial charge >= 0.3 is 11.7 Å². The lowest BCUT2D eigenvalue weighted by Crippen LogP contribution is -2.42. The summed E-state index contributed by atoms with van der Waals surface area (Å²) in [4.78, 5) is 25.1. The normalized spacial score (nSPS) is 28.1. The van der Waals surface area contributed by atoms with Gasteiger partial charge in [0.1, 0.15) is 11.8 Å². The summed E-state index contributed by atoms with van der Waals surface area (Å²) in [6.07, 6.45) is 7.76. The third-order valence-electron chi connectivity index (χ3n) is 5.06. The van der Waals surface area contributed by atoms with Crippen molar-refractivity contribution < 1.29 is 14.5 Å². The van der Waals surface area contributed by atoms with E-state index in [1.54, 1.807) is 12.2 Å². The molecule has 1 aliphatic carbocycles. The van der Waals surface area contributed by atoms with Crippen LogP contribution in [0.15, 0.2) is 66.0 Å². The predicted octanol–water partition coefficient (Wildman–Crippen LogP) is 2.63. The average molecular weight is 338 g/mol. The van der Waals surface area contributed by atoms with Crippen LogP contribution in [0.25, 0.3) is 0 Å². The van der Waals surface area contributed by atoms with Crippen molar-refractivity contribution in [3.05, 3.63) is 81.7 Å². The van der Waals surface area contributed by atoms with Gasteiger partial charge in [0.05, 0.1) is 10.8 Å². The molecule has 2 aliphatic heterocycles. The lowest BCUT2D eigenvalue weighted by atomic mass is 9.90. The number of ether oxygens (including phenoxy) is 1. The molecule has 1 fully saturated rings. The van der Waals surface area contributed by atoms with E-state index in [9.17, 15) is 14.9 Å². The van der Waals surface area contributed by atoms with Gasteiger partial charge in [0.2, 0.25) is 0 Å². The van der Waals surface area contributed by atoms with Crippen molar-refractivity contribution in [3.8, 4) is 0 Å². The van der Waals surface area contributed by atoms with E-state index in [1.807, 2.05) is 35.3 Å². The van der Waals surface area contributed by atoms with Crippen LogP contribution < -0.4 is 0 Å². The number of hydrogen-bond acceptors (Lipinski definition) is 5. The van der Waals surface area contributed by atoms with Gasteiger partial charge in [0, 0.05) is 19.0 Å². The smallest absolute Gasteiger partial charge is 0.412 e. The zero-order chi connectivity index (χ0) is 17.4. The van der Waals surface area contributed by atoms with E-state index in [1.165, 1.54) is 5.56 Å². The Labute approximate surface area is 145 Å². The minimum atomic E-state index is -0.843. The first-order valence-electron chi connectivity index (χ1n) is 8.39. The topological polar surface area (TPSA) is 72.7 Å². The number of likely N-dealkylation sites (tertiary alicyclic amines) is 1. The average Bonchev–Trinajstić information content (AvgIpc) is 3.10. The molecular weight excluding hydrogens is 320 g/mol. The van der Waals surface area contributed by atoms with Crippen LogP contribution in [0, 0.1) is 16.0 Å². The number of hydrogen-bond donors (Lipinski definition) is 0. The Hall–Kier alpha value is -2.89. The molecule has 1 saturated heterocycles. The highest BCUT2D eigenvalue weighted by Crippen LogP contribution is 2.38. The fraction of sp³-hybridized carbons (Fsp3) is 0.316. The van der Waals surface area contributed by atoms with Crippen LogP contribution in [-0.2, 0) is 9.53 Å². The van der Waals surface area contributed by atoms with Gasteiger partial charge in [-0.05, 0) is 18.1 Å². The Bertz CT molecular complexity index is 797. The summed E-state index contributed by atoms with van der Waals surface area (Å²) in [5, 5.41) is 11.5. The molecule has 3 unspecified atom stereocenters. The van der Waals surface area contributed by atoms with E-state index in [0.29, 0.717) is 24.7 Å². The molecular formula is C19H18N2O4. The SMILES string of the molecule is O=C1OC2C=CC=CC2C(N2CCC(c3ccccc3)C2)=C1[N+](=O)[O-]. The van der Waals surface area contributed by atoms with Crippen LogP contribution in [0.3, 0.4) is 0 Å². The van der Waals surface area contributed by atoms with Gasteiger partial charge < -0.3 is 9.64 Å². The Morgan fingerprint density at radius 1 is 1.16 bits per heavy atom. The van der Waals surface area contributed by atoms with Gasteiger partial charge in [0.15, 0.2) is 0 Å². The minimum absolute atomic E-state index is 0.294.